The van der Waals surface area contributed by atoms with Crippen molar-refractivity contribution in [1.82, 2.24) is 0 Å². The third kappa shape index (κ3) is 4.71. The molecule has 0 radical (unpaired) electrons. The fraction of sp³-hybridized carbons (Fsp3) is 0. The van der Waals surface area contributed by atoms with Crippen molar-refractivity contribution in [3.05, 3.63) is 176 Å². The summed E-state index contributed by atoms with van der Waals surface area (Å²) in [5.74, 6) is 0. The Balaban J connectivity index is 1.41. The minimum absolute atomic E-state index is 0.0224. The van der Waals surface area contributed by atoms with Crippen LogP contribution in [0.2, 0.25) is 0 Å². The van der Waals surface area contributed by atoms with Gasteiger partial charge in [-0.05, 0) is 91.6 Å². The van der Waals surface area contributed by atoms with Crippen LogP contribution in [0.25, 0.3) is 54.6 Å². The number of rotatable bonds is 5. The van der Waals surface area contributed by atoms with Crippen LogP contribution in [0.3, 0.4) is 0 Å². The van der Waals surface area contributed by atoms with Gasteiger partial charge in [0.1, 0.15) is 0 Å². The van der Waals surface area contributed by atoms with Crippen LogP contribution in [0.5, 0.6) is 0 Å². The van der Waals surface area contributed by atoms with E-state index in [0.717, 1.165) is 43.8 Å². The van der Waals surface area contributed by atoms with Crippen LogP contribution < -0.4 is 4.90 Å². The summed E-state index contributed by atoms with van der Waals surface area (Å²) >= 11 is 0. The van der Waals surface area contributed by atoms with Gasteiger partial charge in [-0.1, -0.05) is 133 Å². The van der Waals surface area contributed by atoms with Crippen LogP contribution in [0.1, 0.15) is 9.60 Å². The van der Waals surface area contributed by atoms with Crippen LogP contribution in [0.4, 0.5) is 17.1 Å². The summed E-state index contributed by atoms with van der Waals surface area (Å²) in [4.78, 5) is 1.79. The Morgan fingerprint density at radius 3 is 1.49 bits per heavy atom. The maximum atomic E-state index is 9.25. The molecule has 8 aromatic rings. The number of nitrogens with zero attached hydrogens (tertiary/aromatic N) is 1. The summed E-state index contributed by atoms with van der Waals surface area (Å²) in [7, 11) is 0. The van der Waals surface area contributed by atoms with Crippen molar-refractivity contribution in [2.75, 3.05) is 4.90 Å². The van der Waals surface area contributed by atoms with Crippen molar-refractivity contribution in [2.24, 2.45) is 0 Å². The third-order valence-corrected chi connectivity index (χ3v) is 7.89. The molecule has 0 bridgehead atoms. The van der Waals surface area contributed by atoms with E-state index in [9.17, 15) is 1.37 Å². The fourth-order valence-electron chi connectivity index (χ4n) is 5.76. The van der Waals surface area contributed by atoms with Gasteiger partial charge in [-0.15, -0.1) is 0 Å². The molecule has 0 unspecified atom stereocenters. The van der Waals surface area contributed by atoms with Gasteiger partial charge in [0.15, 0.2) is 0 Å². The topological polar surface area (TPSA) is 3.24 Å². The van der Waals surface area contributed by atoms with Gasteiger partial charge in [0, 0.05) is 16.8 Å². The Hall–Kier alpha value is -5.66. The zero-order chi connectivity index (χ0) is 34.7. The van der Waals surface area contributed by atoms with Crippen LogP contribution in [0.15, 0.2) is 176 Å². The van der Waals surface area contributed by atoms with E-state index in [1.807, 2.05) is 72.8 Å². The van der Waals surface area contributed by atoms with Crippen molar-refractivity contribution in [2.45, 2.75) is 0 Å². The molecule has 0 saturated carbocycles. The summed E-state index contributed by atoms with van der Waals surface area (Å²) < 4.78 is 61.5. The van der Waals surface area contributed by atoms with Gasteiger partial charge in [-0.25, -0.2) is 0 Å². The summed E-state index contributed by atoms with van der Waals surface area (Å²) in [5.41, 5.74) is 5.15. The molecular formula is C42H29N. The zero-order valence-electron chi connectivity index (χ0n) is 30.1. The maximum Gasteiger partial charge on any atom is 0.0645 e. The fourth-order valence-corrected chi connectivity index (χ4v) is 5.76. The highest BCUT2D eigenvalue weighted by Gasteiger charge is 2.17. The van der Waals surface area contributed by atoms with Crippen molar-refractivity contribution in [3.63, 3.8) is 0 Å². The first-order valence-electron chi connectivity index (χ1n) is 17.7. The summed E-state index contributed by atoms with van der Waals surface area (Å²) in [6.07, 6.45) is 0. The highest BCUT2D eigenvalue weighted by Crippen LogP contribution is 2.41. The number of fused-ring (bicyclic) bond motifs is 3. The number of anilines is 3. The Labute approximate surface area is 261 Å². The molecular weight excluding hydrogens is 518 g/mol. The highest BCUT2D eigenvalue weighted by atomic mass is 15.1. The Kier molecular flexibility index (Phi) is 4.63. The molecule has 8 aromatic carbocycles. The van der Waals surface area contributed by atoms with E-state index in [4.69, 9.17) is 8.22 Å². The van der Waals surface area contributed by atoms with E-state index < -0.39 is 30.2 Å². The predicted octanol–water partition coefficient (Wildman–Crippen LogP) is 11.9. The lowest BCUT2D eigenvalue weighted by molar-refractivity contribution is 1.30. The summed E-state index contributed by atoms with van der Waals surface area (Å²) in [5, 5.41) is 4.36. The van der Waals surface area contributed by atoms with Crippen molar-refractivity contribution in [3.8, 4) is 22.3 Å². The van der Waals surface area contributed by atoms with E-state index >= 15 is 0 Å². The lowest BCUT2D eigenvalue weighted by Gasteiger charge is -2.28. The molecule has 0 spiro atoms. The van der Waals surface area contributed by atoms with Gasteiger partial charge in [0.2, 0.25) is 0 Å². The van der Waals surface area contributed by atoms with E-state index in [-0.39, 0.29) is 28.5 Å². The molecule has 43 heavy (non-hydrogen) atoms. The molecule has 0 aliphatic carbocycles. The summed E-state index contributed by atoms with van der Waals surface area (Å²) in [6.45, 7) is 0. The molecule has 1 heteroatoms. The van der Waals surface area contributed by atoms with E-state index in [1.165, 1.54) is 0 Å². The smallest absolute Gasteiger partial charge is 0.0645 e. The largest absolute Gasteiger partial charge is 0.310 e. The molecule has 0 atom stereocenters. The van der Waals surface area contributed by atoms with Crippen molar-refractivity contribution in [1.29, 1.82) is 0 Å². The van der Waals surface area contributed by atoms with Crippen molar-refractivity contribution < 1.29 is 9.60 Å². The van der Waals surface area contributed by atoms with Crippen LogP contribution in [0, 0.1) is 0 Å². The van der Waals surface area contributed by atoms with E-state index in [0.29, 0.717) is 11.4 Å². The average molecular weight is 555 g/mol. The molecule has 0 amide bonds. The minimum atomic E-state index is -0.484. The molecule has 0 aromatic heterocycles. The molecule has 0 fully saturated rings. The number of benzene rings is 8. The number of hydrogen-bond donors (Lipinski definition) is 0. The van der Waals surface area contributed by atoms with Gasteiger partial charge >= 0.3 is 0 Å². The van der Waals surface area contributed by atoms with Crippen LogP contribution >= 0.6 is 0 Å². The maximum absolute atomic E-state index is 9.25. The minimum Gasteiger partial charge on any atom is -0.310 e. The quantitative estimate of drug-likeness (QED) is 0.204. The molecule has 0 saturated heterocycles. The SMILES string of the molecule is [2H]c1c([2H])c([2H])c2c(N(c3cccc(-c4ccc5ccccc5c4)c3)c3cccc(-c4ccc5ccccc5c4)c3)c([2H])c([2H])c([2H])c2c1[2H]. The monoisotopic (exact) mass is 554 g/mol. The summed E-state index contributed by atoms with van der Waals surface area (Å²) in [6, 6.07) is 41.6. The number of hydrogen-bond acceptors (Lipinski definition) is 1. The molecule has 0 heterocycles. The Bertz CT molecular complexity index is 2520. The first-order chi connectivity index (χ1) is 24.2. The van der Waals surface area contributed by atoms with Gasteiger partial charge in [0.05, 0.1) is 15.3 Å². The molecule has 8 rings (SSSR count). The van der Waals surface area contributed by atoms with Crippen LogP contribution in [-0.2, 0) is 0 Å². The van der Waals surface area contributed by atoms with Crippen LogP contribution in [-0.4, -0.2) is 0 Å². The normalized spacial score (nSPS) is 13.5. The molecule has 1 nitrogen and oxygen atoms in total. The first-order valence-corrected chi connectivity index (χ1v) is 14.2. The predicted molar refractivity (Wildman–Crippen MR) is 185 cm³/mol. The van der Waals surface area contributed by atoms with Gasteiger partial charge in [-0.2, -0.15) is 0 Å². The zero-order valence-corrected chi connectivity index (χ0v) is 23.1. The van der Waals surface area contributed by atoms with E-state index in [1.54, 1.807) is 4.90 Å². The van der Waals surface area contributed by atoms with Gasteiger partial charge in [-0.3, -0.25) is 0 Å². The van der Waals surface area contributed by atoms with E-state index in [2.05, 4.69) is 60.7 Å². The molecule has 0 aliphatic rings. The molecule has 202 valence electrons. The highest BCUT2D eigenvalue weighted by molar-refractivity contribution is 6.00. The van der Waals surface area contributed by atoms with Gasteiger partial charge < -0.3 is 4.90 Å². The molecule has 0 aliphatic heterocycles. The lowest BCUT2D eigenvalue weighted by Crippen LogP contribution is -2.10. The van der Waals surface area contributed by atoms with Gasteiger partial charge in [0.25, 0.3) is 0 Å². The second-order valence-electron chi connectivity index (χ2n) is 10.5. The average Bonchev–Trinajstić information content (AvgIpc) is 3.16. The third-order valence-electron chi connectivity index (χ3n) is 7.89. The second-order valence-corrected chi connectivity index (χ2v) is 10.5. The van der Waals surface area contributed by atoms with Crippen molar-refractivity contribution >= 4 is 49.4 Å². The Morgan fingerprint density at radius 2 is 0.884 bits per heavy atom. The first kappa shape index (κ1) is 18.7. The molecule has 0 N–H and O–H groups in total. The standard InChI is InChI=1S/C42H29N/c1-3-13-33-26-37(24-22-30(33)10-1)35-16-7-18-39(28-35)43(42-21-9-15-32-12-5-6-20-41(32)42)40-19-8-17-36(29-40)38-25-23-31-11-2-4-14-34(31)27-38/h1-29H/i5D,6D,9D,12D,15D,20D,21D. The lowest BCUT2D eigenvalue weighted by atomic mass is 9.99. The second kappa shape index (κ2) is 10.6. The Morgan fingerprint density at radius 1 is 0.372 bits per heavy atom.